The molecule has 9 heteroatoms. The molecule has 0 bridgehead atoms. The molecule has 3 aromatic rings. The predicted molar refractivity (Wildman–Crippen MR) is 115 cm³/mol. The number of carbonyl (C=O) groups is 2. The Labute approximate surface area is 179 Å². The molecule has 3 amide bonds. The van der Waals surface area contributed by atoms with Crippen LogP contribution in [-0.4, -0.2) is 39.6 Å². The third-order valence-electron chi connectivity index (χ3n) is 4.44. The molecule has 2 N–H and O–H groups in total. The molecule has 0 aromatic carbocycles. The first-order valence-corrected chi connectivity index (χ1v) is 9.47. The second kappa shape index (κ2) is 9.31. The number of amides is 3. The zero-order chi connectivity index (χ0) is 22.4. The largest absolute Gasteiger partial charge is 0.456 e. The molecule has 0 spiro atoms. The van der Waals surface area contributed by atoms with Crippen molar-refractivity contribution in [2.24, 2.45) is 0 Å². The Morgan fingerprint density at radius 3 is 2.42 bits per heavy atom. The van der Waals surface area contributed by atoms with Crippen molar-refractivity contribution in [3.63, 3.8) is 0 Å². The minimum atomic E-state index is -1.12. The number of hydrogen-bond donors (Lipinski definition) is 2. The van der Waals surface area contributed by atoms with Gasteiger partial charge in [-0.25, -0.2) is 9.78 Å². The molecule has 0 atom stereocenters. The Hall–Kier alpha value is -3.85. The lowest BCUT2D eigenvalue weighted by Gasteiger charge is -2.20. The molecule has 0 saturated carbocycles. The molecule has 0 saturated heterocycles. The highest BCUT2D eigenvalue weighted by atomic mass is 16.5. The van der Waals surface area contributed by atoms with Crippen LogP contribution in [0.4, 0.5) is 10.6 Å². The van der Waals surface area contributed by atoms with E-state index in [0.29, 0.717) is 11.5 Å². The van der Waals surface area contributed by atoms with Crippen molar-refractivity contribution in [3.8, 4) is 22.8 Å². The quantitative estimate of drug-likeness (QED) is 0.623. The molecule has 0 radical (unpaired) electrons. The van der Waals surface area contributed by atoms with Gasteiger partial charge in [0.05, 0.1) is 11.9 Å². The van der Waals surface area contributed by atoms with E-state index in [4.69, 9.17) is 9.47 Å². The Balaban J connectivity index is 1.62. The lowest BCUT2D eigenvalue weighted by Crippen LogP contribution is -2.47. The molecule has 0 fully saturated rings. The van der Waals surface area contributed by atoms with Crippen LogP contribution in [0.3, 0.4) is 0 Å². The Kier molecular flexibility index (Phi) is 6.56. The number of anilines is 1. The van der Waals surface area contributed by atoms with Gasteiger partial charge in [-0.2, -0.15) is 0 Å². The van der Waals surface area contributed by atoms with Gasteiger partial charge in [0.15, 0.2) is 0 Å². The number of methoxy groups -OCH3 is 1. The summed E-state index contributed by atoms with van der Waals surface area (Å²) in [4.78, 5) is 36.7. The summed E-state index contributed by atoms with van der Waals surface area (Å²) in [6.45, 7) is 5.03. The lowest BCUT2D eigenvalue weighted by atomic mass is 10.1. The van der Waals surface area contributed by atoms with E-state index in [1.165, 1.54) is 13.3 Å². The Morgan fingerprint density at radius 1 is 0.968 bits per heavy atom. The first-order chi connectivity index (χ1) is 14.8. The van der Waals surface area contributed by atoms with Crippen LogP contribution in [-0.2, 0) is 9.53 Å². The molecule has 0 aliphatic heterocycles. The van der Waals surface area contributed by atoms with Crippen LogP contribution in [0.1, 0.15) is 19.5 Å². The van der Waals surface area contributed by atoms with E-state index in [9.17, 15) is 9.59 Å². The fourth-order valence-corrected chi connectivity index (χ4v) is 2.40. The average molecular weight is 421 g/mol. The van der Waals surface area contributed by atoms with Crippen molar-refractivity contribution in [2.75, 3.05) is 12.4 Å². The summed E-state index contributed by atoms with van der Waals surface area (Å²) in [7, 11) is 1.39. The van der Waals surface area contributed by atoms with E-state index in [0.717, 1.165) is 17.0 Å². The van der Waals surface area contributed by atoms with Gasteiger partial charge in [0, 0.05) is 36.8 Å². The van der Waals surface area contributed by atoms with Crippen LogP contribution < -0.4 is 15.4 Å². The number of carbonyl (C=O) groups excluding carboxylic acids is 2. The van der Waals surface area contributed by atoms with E-state index >= 15 is 0 Å². The fraction of sp³-hybridized carbons (Fsp3) is 0.227. The van der Waals surface area contributed by atoms with Crippen LogP contribution in [0.25, 0.3) is 11.3 Å². The monoisotopic (exact) mass is 421 g/mol. The van der Waals surface area contributed by atoms with Crippen LogP contribution in [0.15, 0.2) is 55.0 Å². The summed E-state index contributed by atoms with van der Waals surface area (Å²) in [5.41, 5.74) is 1.42. The van der Waals surface area contributed by atoms with Gasteiger partial charge < -0.3 is 9.47 Å². The highest BCUT2D eigenvalue weighted by molar-refractivity contribution is 6.03. The molecule has 9 nitrogen and oxygen atoms in total. The first-order valence-electron chi connectivity index (χ1n) is 9.47. The predicted octanol–water partition coefficient (Wildman–Crippen LogP) is 3.71. The van der Waals surface area contributed by atoms with Gasteiger partial charge in [-0.15, -0.1) is 0 Å². The zero-order valence-electron chi connectivity index (χ0n) is 17.7. The lowest BCUT2D eigenvalue weighted by molar-refractivity contribution is -0.138. The number of hydrogen-bond acceptors (Lipinski definition) is 7. The molecule has 0 aliphatic rings. The normalized spacial score (nSPS) is 11.0. The zero-order valence-corrected chi connectivity index (χ0v) is 17.7. The van der Waals surface area contributed by atoms with E-state index in [2.05, 4.69) is 25.6 Å². The number of rotatable bonds is 6. The van der Waals surface area contributed by atoms with Crippen LogP contribution in [0, 0.1) is 6.92 Å². The van der Waals surface area contributed by atoms with Gasteiger partial charge in [0.25, 0.3) is 5.91 Å². The minimum Gasteiger partial charge on any atom is -0.456 e. The van der Waals surface area contributed by atoms with Crippen molar-refractivity contribution < 1.29 is 19.1 Å². The third kappa shape index (κ3) is 5.83. The summed E-state index contributed by atoms with van der Waals surface area (Å²) in [6, 6.07) is 9.90. The Bertz CT molecular complexity index is 1070. The SMILES string of the molecule is COC(C)(C)C(=O)NC(=O)Nc1ccc(Oc2ccnc(-c3ccc(C)nc3)c2)cn1. The van der Waals surface area contributed by atoms with Crippen molar-refractivity contribution in [1.82, 2.24) is 20.3 Å². The van der Waals surface area contributed by atoms with Crippen molar-refractivity contribution in [2.45, 2.75) is 26.4 Å². The number of nitrogens with zero attached hydrogens (tertiary/aromatic N) is 3. The van der Waals surface area contributed by atoms with Gasteiger partial charge in [-0.3, -0.25) is 25.4 Å². The number of aryl methyl sites for hydroxylation is 1. The first kappa shape index (κ1) is 21.8. The summed E-state index contributed by atoms with van der Waals surface area (Å²) in [6.07, 6.45) is 4.87. The second-order valence-electron chi connectivity index (χ2n) is 7.17. The molecule has 0 aliphatic carbocycles. The summed E-state index contributed by atoms with van der Waals surface area (Å²) in [5.74, 6) is 0.749. The summed E-state index contributed by atoms with van der Waals surface area (Å²) in [5, 5.41) is 4.69. The van der Waals surface area contributed by atoms with Crippen molar-refractivity contribution in [3.05, 3.63) is 60.7 Å². The van der Waals surface area contributed by atoms with Gasteiger partial charge >= 0.3 is 6.03 Å². The second-order valence-corrected chi connectivity index (χ2v) is 7.17. The molecule has 3 heterocycles. The van der Waals surface area contributed by atoms with E-state index < -0.39 is 17.5 Å². The number of urea groups is 1. The van der Waals surface area contributed by atoms with Crippen LogP contribution >= 0.6 is 0 Å². The topological polar surface area (TPSA) is 115 Å². The molecule has 31 heavy (non-hydrogen) atoms. The van der Waals surface area contributed by atoms with E-state index in [1.54, 1.807) is 50.5 Å². The standard InChI is InChI=1S/C22H23N5O4/c1-14-5-6-15(12-24-14)18-11-16(9-10-23-18)31-17-7-8-19(25-13-17)26-21(29)27-20(28)22(2,3)30-4/h5-13H,1-4H3,(H2,25,26,27,28,29). The van der Waals surface area contributed by atoms with Crippen molar-refractivity contribution >= 4 is 17.8 Å². The maximum atomic E-state index is 12.0. The number of aromatic nitrogens is 3. The molecule has 3 aromatic heterocycles. The smallest absolute Gasteiger partial charge is 0.327 e. The Morgan fingerprint density at radius 2 is 1.77 bits per heavy atom. The number of ether oxygens (including phenoxy) is 2. The van der Waals surface area contributed by atoms with Crippen LogP contribution in [0.5, 0.6) is 11.5 Å². The van der Waals surface area contributed by atoms with Crippen LogP contribution in [0.2, 0.25) is 0 Å². The molecular formula is C22H23N5O4. The highest BCUT2D eigenvalue weighted by Gasteiger charge is 2.28. The molecule has 0 unspecified atom stereocenters. The molecular weight excluding hydrogens is 398 g/mol. The molecule has 3 rings (SSSR count). The number of imide groups is 1. The van der Waals surface area contributed by atoms with E-state index in [-0.39, 0.29) is 5.82 Å². The maximum Gasteiger partial charge on any atom is 0.327 e. The number of pyridine rings is 3. The summed E-state index contributed by atoms with van der Waals surface area (Å²) < 4.78 is 10.9. The minimum absolute atomic E-state index is 0.258. The summed E-state index contributed by atoms with van der Waals surface area (Å²) >= 11 is 0. The number of nitrogens with one attached hydrogen (secondary N) is 2. The fourth-order valence-electron chi connectivity index (χ4n) is 2.40. The highest BCUT2D eigenvalue weighted by Crippen LogP contribution is 2.25. The third-order valence-corrected chi connectivity index (χ3v) is 4.44. The van der Waals surface area contributed by atoms with Crippen molar-refractivity contribution in [1.29, 1.82) is 0 Å². The molecule has 160 valence electrons. The van der Waals surface area contributed by atoms with Gasteiger partial charge in [0.1, 0.15) is 22.9 Å². The van der Waals surface area contributed by atoms with Gasteiger partial charge in [-0.1, -0.05) is 0 Å². The average Bonchev–Trinajstić information content (AvgIpc) is 2.75. The van der Waals surface area contributed by atoms with Gasteiger partial charge in [0.2, 0.25) is 0 Å². The van der Waals surface area contributed by atoms with Gasteiger partial charge in [-0.05, 0) is 51.1 Å². The van der Waals surface area contributed by atoms with E-state index in [1.807, 2.05) is 19.1 Å². The maximum absolute atomic E-state index is 12.0.